The molecule has 0 saturated carbocycles. The van der Waals surface area contributed by atoms with Gasteiger partial charge in [-0.1, -0.05) is 0 Å². The Balaban J connectivity index is 2.37. The van der Waals surface area contributed by atoms with Crippen LogP contribution in [0, 0.1) is 5.92 Å². The Hall–Kier alpha value is -2.57. The average molecular weight is 307 g/mol. The molecule has 118 valence electrons. The topological polar surface area (TPSA) is 82.1 Å². The minimum atomic E-state index is -0.580. The summed E-state index contributed by atoms with van der Waals surface area (Å²) in [5, 5.41) is 0. The Labute approximate surface area is 127 Å². The van der Waals surface area contributed by atoms with Gasteiger partial charge >= 0.3 is 11.9 Å². The Bertz CT molecular complexity index is 612. The van der Waals surface area contributed by atoms with E-state index in [2.05, 4.69) is 4.74 Å². The predicted molar refractivity (Wildman–Crippen MR) is 76.8 cm³/mol. The van der Waals surface area contributed by atoms with Gasteiger partial charge in [0.2, 0.25) is 5.91 Å². The van der Waals surface area contributed by atoms with Crippen LogP contribution >= 0.6 is 0 Å². The lowest BCUT2D eigenvalue weighted by Gasteiger charge is -2.19. The molecule has 7 heteroatoms. The fourth-order valence-electron chi connectivity index (χ4n) is 2.42. The number of hydrogen-bond acceptors (Lipinski definition) is 6. The Morgan fingerprint density at radius 1 is 1.18 bits per heavy atom. The van der Waals surface area contributed by atoms with E-state index in [1.165, 1.54) is 32.3 Å². The third-order valence-electron chi connectivity index (χ3n) is 3.56. The van der Waals surface area contributed by atoms with E-state index >= 15 is 0 Å². The summed E-state index contributed by atoms with van der Waals surface area (Å²) in [5.41, 5.74) is 0.602. The van der Waals surface area contributed by atoms with Crippen LogP contribution in [-0.2, 0) is 19.1 Å². The number of benzene rings is 1. The van der Waals surface area contributed by atoms with E-state index in [1.807, 2.05) is 0 Å². The molecule has 1 amide bonds. The zero-order valence-corrected chi connectivity index (χ0v) is 12.6. The molecule has 0 bridgehead atoms. The number of nitrogens with zero attached hydrogens (tertiary/aromatic N) is 1. The highest BCUT2D eigenvalue weighted by molar-refractivity contribution is 6.05. The number of ether oxygens (including phenoxy) is 3. The molecule has 1 aromatic rings. The second kappa shape index (κ2) is 6.46. The number of hydrogen-bond donors (Lipinski definition) is 0. The maximum absolute atomic E-state index is 12.2. The van der Waals surface area contributed by atoms with Gasteiger partial charge in [-0.25, -0.2) is 4.79 Å². The van der Waals surface area contributed by atoms with Crippen LogP contribution < -0.4 is 9.64 Å². The maximum Gasteiger partial charge on any atom is 0.340 e. The molecule has 1 atom stereocenters. The van der Waals surface area contributed by atoms with Crippen molar-refractivity contribution in [3.63, 3.8) is 0 Å². The van der Waals surface area contributed by atoms with E-state index in [1.54, 1.807) is 12.1 Å². The normalized spacial score (nSPS) is 17.3. The molecule has 1 fully saturated rings. The van der Waals surface area contributed by atoms with Crippen LogP contribution in [-0.4, -0.2) is 45.7 Å². The minimum absolute atomic E-state index is 0.0549. The van der Waals surface area contributed by atoms with E-state index in [9.17, 15) is 14.4 Å². The number of carbonyl (C=O) groups excluding carboxylic acids is 3. The second-order valence-electron chi connectivity index (χ2n) is 4.80. The molecule has 0 aromatic heterocycles. The van der Waals surface area contributed by atoms with E-state index in [4.69, 9.17) is 9.47 Å². The highest BCUT2D eigenvalue weighted by atomic mass is 16.5. The van der Waals surface area contributed by atoms with Gasteiger partial charge < -0.3 is 19.1 Å². The summed E-state index contributed by atoms with van der Waals surface area (Å²) in [7, 11) is 4.02. The zero-order chi connectivity index (χ0) is 16.3. The third-order valence-corrected chi connectivity index (χ3v) is 3.56. The van der Waals surface area contributed by atoms with Gasteiger partial charge in [-0.05, 0) is 18.2 Å². The first-order chi connectivity index (χ1) is 10.5. The molecule has 0 aliphatic carbocycles. The summed E-state index contributed by atoms with van der Waals surface area (Å²) in [6.45, 7) is 0.168. The largest absolute Gasteiger partial charge is 0.497 e. The summed E-state index contributed by atoms with van der Waals surface area (Å²) in [4.78, 5) is 37.1. The molecule has 1 aliphatic rings. The van der Waals surface area contributed by atoms with E-state index in [-0.39, 0.29) is 24.4 Å². The molecular weight excluding hydrogens is 290 g/mol. The molecule has 1 saturated heterocycles. The lowest BCUT2D eigenvalue weighted by atomic mass is 10.1. The quantitative estimate of drug-likeness (QED) is 0.772. The van der Waals surface area contributed by atoms with Crippen LogP contribution in [0.5, 0.6) is 5.75 Å². The predicted octanol–water partition coefficient (Wildman–Crippen LogP) is 1.01. The summed E-state index contributed by atoms with van der Waals surface area (Å²) < 4.78 is 14.5. The smallest absolute Gasteiger partial charge is 0.340 e. The van der Waals surface area contributed by atoms with Gasteiger partial charge in [0.05, 0.1) is 38.5 Å². The molecule has 2 rings (SSSR count). The van der Waals surface area contributed by atoms with E-state index < -0.39 is 17.9 Å². The summed E-state index contributed by atoms with van der Waals surface area (Å²) >= 11 is 0. The van der Waals surface area contributed by atoms with Gasteiger partial charge in [-0.2, -0.15) is 0 Å². The van der Waals surface area contributed by atoms with Crippen LogP contribution in [0.4, 0.5) is 5.69 Å². The summed E-state index contributed by atoms with van der Waals surface area (Å²) in [6, 6.07) is 4.74. The van der Waals surface area contributed by atoms with Gasteiger partial charge in [0.1, 0.15) is 5.75 Å². The average Bonchev–Trinajstić information content (AvgIpc) is 2.94. The van der Waals surface area contributed by atoms with Crippen molar-refractivity contribution >= 4 is 23.5 Å². The molecule has 0 spiro atoms. The van der Waals surface area contributed by atoms with Crippen molar-refractivity contribution in [1.82, 2.24) is 0 Å². The van der Waals surface area contributed by atoms with Gasteiger partial charge in [0, 0.05) is 13.0 Å². The number of anilines is 1. The Kier molecular flexibility index (Phi) is 4.65. The lowest BCUT2D eigenvalue weighted by Crippen LogP contribution is -2.28. The van der Waals surface area contributed by atoms with Gasteiger partial charge in [-0.3, -0.25) is 9.59 Å². The molecule has 1 aromatic carbocycles. The van der Waals surface area contributed by atoms with E-state index in [0.717, 1.165) is 0 Å². The van der Waals surface area contributed by atoms with Crippen LogP contribution in [0.15, 0.2) is 18.2 Å². The number of methoxy groups -OCH3 is 3. The van der Waals surface area contributed by atoms with Gasteiger partial charge in [0.15, 0.2) is 0 Å². The molecule has 1 heterocycles. The number of esters is 2. The highest BCUT2D eigenvalue weighted by Crippen LogP contribution is 2.31. The van der Waals surface area contributed by atoms with Crippen molar-refractivity contribution in [2.75, 3.05) is 32.8 Å². The fraction of sp³-hybridized carbons (Fsp3) is 0.400. The zero-order valence-electron chi connectivity index (χ0n) is 12.6. The van der Waals surface area contributed by atoms with Gasteiger partial charge in [0.25, 0.3) is 0 Å². The summed E-state index contributed by atoms with van der Waals surface area (Å²) in [5.74, 6) is -1.33. The Morgan fingerprint density at radius 2 is 1.91 bits per heavy atom. The van der Waals surface area contributed by atoms with Crippen molar-refractivity contribution in [2.24, 2.45) is 5.92 Å². The van der Waals surface area contributed by atoms with Crippen molar-refractivity contribution in [1.29, 1.82) is 0 Å². The van der Waals surface area contributed by atoms with Crippen molar-refractivity contribution in [3.8, 4) is 5.75 Å². The molecule has 0 radical (unpaired) electrons. The maximum atomic E-state index is 12.2. The van der Waals surface area contributed by atoms with Crippen LogP contribution in [0.2, 0.25) is 0 Å². The highest BCUT2D eigenvalue weighted by Gasteiger charge is 2.37. The molecule has 1 aliphatic heterocycles. The molecule has 22 heavy (non-hydrogen) atoms. The number of rotatable bonds is 4. The van der Waals surface area contributed by atoms with E-state index in [0.29, 0.717) is 11.4 Å². The first-order valence-corrected chi connectivity index (χ1v) is 6.66. The molecule has 7 nitrogen and oxygen atoms in total. The molecule has 1 unspecified atom stereocenters. The number of carbonyl (C=O) groups is 3. The standard InChI is InChI=1S/C15H17NO6/c1-20-10-4-5-12(11(7-10)15(19)22-3)16-8-9(6-13(16)17)14(18)21-2/h4-5,7,9H,6,8H2,1-3H3. The first kappa shape index (κ1) is 15.8. The van der Waals surface area contributed by atoms with Crippen molar-refractivity contribution < 1.29 is 28.6 Å². The first-order valence-electron chi connectivity index (χ1n) is 6.66. The summed E-state index contributed by atoms with van der Waals surface area (Å²) in [6.07, 6.45) is 0.0549. The fourth-order valence-corrected chi connectivity index (χ4v) is 2.42. The van der Waals surface area contributed by atoms with Crippen LogP contribution in [0.3, 0.4) is 0 Å². The minimum Gasteiger partial charge on any atom is -0.497 e. The SMILES string of the molecule is COC(=O)c1cc(OC)ccc1N1CC(C(=O)OC)CC1=O. The van der Waals surface area contributed by atoms with Gasteiger partial charge in [-0.15, -0.1) is 0 Å². The second-order valence-corrected chi connectivity index (χ2v) is 4.80. The third kappa shape index (κ3) is 2.88. The van der Waals surface area contributed by atoms with Crippen LogP contribution in [0.25, 0.3) is 0 Å². The molecule has 0 N–H and O–H groups in total. The van der Waals surface area contributed by atoms with Crippen LogP contribution in [0.1, 0.15) is 16.8 Å². The lowest BCUT2D eigenvalue weighted by molar-refractivity contribution is -0.145. The Morgan fingerprint density at radius 3 is 2.50 bits per heavy atom. The monoisotopic (exact) mass is 307 g/mol. The van der Waals surface area contributed by atoms with Crippen molar-refractivity contribution in [2.45, 2.75) is 6.42 Å². The number of amides is 1. The molecular formula is C15H17NO6. The van der Waals surface area contributed by atoms with Crippen molar-refractivity contribution in [3.05, 3.63) is 23.8 Å².